The number of carbonyl (C=O) groups is 1. The minimum atomic E-state index is -0.116. The highest BCUT2D eigenvalue weighted by atomic mass is 32.2. The predicted molar refractivity (Wildman–Crippen MR) is 110 cm³/mol. The average Bonchev–Trinajstić information content (AvgIpc) is 2.72. The van der Waals surface area contributed by atoms with Gasteiger partial charge in [-0.1, -0.05) is 60.7 Å². The summed E-state index contributed by atoms with van der Waals surface area (Å²) >= 11 is 3.34. The van der Waals surface area contributed by atoms with E-state index in [1.807, 2.05) is 36.4 Å². The van der Waals surface area contributed by atoms with Gasteiger partial charge < -0.3 is 0 Å². The van der Waals surface area contributed by atoms with Gasteiger partial charge in [-0.15, -0.1) is 23.5 Å². The molecule has 0 spiro atoms. The largest absolute Gasteiger partial charge is 0.287 e. The SMILES string of the molecule is O=C(C=C(SCc1ccccc1)SCc1ccccc1)c1cnccn1. The molecule has 1 aromatic heterocycles. The van der Waals surface area contributed by atoms with Crippen LogP contribution >= 0.6 is 23.5 Å². The lowest BCUT2D eigenvalue weighted by Gasteiger charge is -2.08. The predicted octanol–water partition coefficient (Wildman–Crippen LogP) is 5.37. The average molecular weight is 379 g/mol. The van der Waals surface area contributed by atoms with Crippen molar-refractivity contribution in [3.8, 4) is 0 Å². The van der Waals surface area contributed by atoms with E-state index in [2.05, 4.69) is 34.2 Å². The lowest BCUT2D eigenvalue weighted by Crippen LogP contribution is -1.99. The van der Waals surface area contributed by atoms with E-state index in [4.69, 9.17) is 0 Å². The molecule has 0 aliphatic carbocycles. The number of hydrogen-bond acceptors (Lipinski definition) is 5. The minimum Gasteiger partial charge on any atom is -0.287 e. The number of aromatic nitrogens is 2. The van der Waals surface area contributed by atoms with Gasteiger partial charge in [-0.2, -0.15) is 0 Å². The summed E-state index contributed by atoms with van der Waals surface area (Å²) in [4.78, 5) is 20.5. The molecule has 0 fully saturated rings. The van der Waals surface area contributed by atoms with Gasteiger partial charge in [0.1, 0.15) is 5.69 Å². The molecule has 0 saturated carbocycles. The summed E-state index contributed by atoms with van der Waals surface area (Å²) in [6, 6.07) is 20.5. The van der Waals surface area contributed by atoms with Gasteiger partial charge in [-0.25, -0.2) is 4.98 Å². The fourth-order valence-corrected chi connectivity index (χ4v) is 4.26. The van der Waals surface area contributed by atoms with Gasteiger partial charge in [0, 0.05) is 34.2 Å². The highest BCUT2D eigenvalue weighted by Crippen LogP contribution is 2.33. The molecule has 0 radical (unpaired) electrons. The second-order valence-corrected chi connectivity index (χ2v) is 7.76. The van der Waals surface area contributed by atoms with Crippen molar-refractivity contribution in [2.45, 2.75) is 11.5 Å². The minimum absolute atomic E-state index is 0.116. The van der Waals surface area contributed by atoms with E-state index in [-0.39, 0.29) is 5.78 Å². The van der Waals surface area contributed by atoms with Crippen molar-refractivity contribution in [1.82, 2.24) is 9.97 Å². The van der Waals surface area contributed by atoms with E-state index in [0.29, 0.717) is 5.69 Å². The topological polar surface area (TPSA) is 42.9 Å². The normalized spacial score (nSPS) is 10.3. The molecule has 0 unspecified atom stereocenters. The Morgan fingerprint density at radius 3 is 1.92 bits per heavy atom. The lowest BCUT2D eigenvalue weighted by atomic mass is 10.2. The van der Waals surface area contributed by atoms with Gasteiger partial charge in [0.05, 0.1) is 6.20 Å². The number of rotatable bonds is 8. The third-order valence-electron chi connectivity index (χ3n) is 3.51. The number of thioether (sulfide) groups is 2. The number of nitrogens with zero attached hydrogens (tertiary/aromatic N) is 2. The maximum atomic E-state index is 12.5. The Hall–Kier alpha value is -2.37. The Bertz CT molecular complexity index is 807. The fraction of sp³-hybridized carbons (Fsp3) is 0.0952. The fourth-order valence-electron chi connectivity index (χ4n) is 2.19. The Balaban J connectivity index is 1.71. The molecule has 2 aromatic carbocycles. The van der Waals surface area contributed by atoms with Crippen molar-refractivity contribution in [3.05, 3.63) is 106 Å². The van der Waals surface area contributed by atoms with E-state index in [1.165, 1.54) is 23.5 Å². The molecule has 3 nitrogen and oxygen atoms in total. The second kappa shape index (κ2) is 9.94. The second-order valence-electron chi connectivity index (χ2n) is 5.47. The Kier molecular flexibility index (Phi) is 7.05. The van der Waals surface area contributed by atoms with Crippen LogP contribution in [-0.4, -0.2) is 15.8 Å². The molecule has 5 heteroatoms. The van der Waals surface area contributed by atoms with Crippen molar-refractivity contribution < 1.29 is 4.79 Å². The maximum Gasteiger partial charge on any atom is 0.207 e. The van der Waals surface area contributed by atoms with Crippen LogP contribution in [0.4, 0.5) is 0 Å². The molecule has 0 bridgehead atoms. The molecule has 0 N–H and O–H groups in total. The van der Waals surface area contributed by atoms with Crippen molar-refractivity contribution in [3.63, 3.8) is 0 Å². The molecule has 1 heterocycles. The Morgan fingerprint density at radius 2 is 1.42 bits per heavy atom. The van der Waals surface area contributed by atoms with Gasteiger partial charge in [-0.05, 0) is 11.1 Å². The van der Waals surface area contributed by atoms with Crippen LogP contribution in [0.5, 0.6) is 0 Å². The summed E-state index contributed by atoms with van der Waals surface area (Å²) in [7, 11) is 0. The Morgan fingerprint density at radius 1 is 0.846 bits per heavy atom. The van der Waals surface area contributed by atoms with Gasteiger partial charge in [0.25, 0.3) is 0 Å². The zero-order valence-electron chi connectivity index (χ0n) is 14.1. The molecule has 0 aliphatic heterocycles. The van der Waals surface area contributed by atoms with E-state index in [9.17, 15) is 4.79 Å². The summed E-state index contributed by atoms with van der Waals surface area (Å²) in [6.07, 6.45) is 6.27. The highest BCUT2D eigenvalue weighted by Gasteiger charge is 2.09. The first-order chi connectivity index (χ1) is 12.8. The third-order valence-corrected chi connectivity index (χ3v) is 5.98. The number of allylic oxidation sites excluding steroid dienone is 1. The first-order valence-corrected chi connectivity index (χ1v) is 10.1. The molecule has 0 atom stereocenters. The molecule has 0 aliphatic rings. The number of carbonyl (C=O) groups excluding carboxylic acids is 1. The van der Waals surface area contributed by atoms with Gasteiger partial charge >= 0.3 is 0 Å². The third kappa shape index (κ3) is 5.86. The first-order valence-electron chi connectivity index (χ1n) is 8.17. The van der Waals surface area contributed by atoms with Crippen molar-refractivity contribution >= 4 is 29.3 Å². The van der Waals surface area contributed by atoms with E-state index < -0.39 is 0 Å². The van der Waals surface area contributed by atoms with Crippen molar-refractivity contribution in [1.29, 1.82) is 0 Å². The molecule has 130 valence electrons. The Labute approximate surface area is 162 Å². The highest BCUT2D eigenvalue weighted by molar-refractivity contribution is 8.21. The lowest BCUT2D eigenvalue weighted by molar-refractivity contribution is 0.104. The van der Waals surface area contributed by atoms with E-state index in [1.54, 1.807) is 35.8 Å². The first kappa shape index (κ1) is 18.4. The van der Waals surface area contributed by atoms with Crippen LogP contribution in [0, 0.1) is 0 Å². The summed E-state index contributed by atoms with van der Waals surface area (Å²) in [5.74, 6) is 1.53. The molecule has 0 amide bonds. The van der Waals surface area contributed by atoms with Crippen molar-refractivity contribution in [2.24, 2.45) is 0 Å². The zero-order valence-corrected chi connectivity index (χ0v) is 15.7. The number of hydrogen-bond donors (Lipinski definition) is 0. The molecule has 0 saturated heterocycles. The van der Waals surface area contributed by atoms with Crippen LogP contribution in [0.25, 0.3) is 0 Å². The molecule has 3 rings (SSSR count). The number of benzene rings is 2. The van der Waals surface area contributed by atoms with E-state index in [0.717, 1.165) is 15.7 Å². The molecule has 26 heavy (non-hydrogen) atoms. The smallest absolute Gasteiger partial charge is 0.207 e. The van der Waals surface area contributed by atoms with E-state index >= 15 is 0 Å². The summed E-state index contributed by atoms with van der Waals surface area (Å²) in [6.45, 7) is 0. The summed E-state index contributed by atoms with van der Waals surface area (Å²) < 4.78 is 0.980. The molecule has 3 aromatic rings. The van der Waals surface area contributed by atoms with Gasteiger partial charge in [0.15, 0.2) is 0 Å². The standard InChI is InChI=1S/C21H18N2OS2/c24-20(19-14-22-11-12-23-19)13-21(25-15-17-7-3-1-4-8-17)26-16-18-9-5-2-6-10-18/h1-14H,15-16H2. The summed E-state index contributed by atoms with van der Waals surface area (Å²) in [5.41, 5.74) is 2.83. The van der Waals surface area contributed by atoms with Crippen LogP contribution in [0.3, 0.4) is 0 Å². The molecular formula is C21H18N2OS2. The monoisotopic (exact) mass is 378 g/mol. The van der Waals surface area contributed by atoms with Gasteiger partial charge in [0.2, 0.25) is 5.78 Å². The maximum absolute atomic E-state index is 12.5. The zero-order chi connectivity index (χ0) is 18.0. The van der Waals surface area contributed by atoms with Crippen LogP contribution in [0.15, 0.2) is 89.6 Å². The van der Waals surface area contributed by atoms with Crippen LogP contribution < -0.4 is 0 Å². The quantitative estimate of drug-likeness (QED) is 0.389. The summed E-state index contributed by atoms with van der Waals surface area (Å²) in [5, 5.41) is 0. The van der Waals surface area contributed by atoms with Gasteiger partial charge in [-0.3, -0.25) is 9.78 Å². The molecular weight excluding hydrogens is 360 g/mol. The number of ketones is 1. The van der Waals surface area contributed by atoms with Crippen LogP contribution in [0.2, 0.25) is 0 Å². The van der Waals surface area contributed by atoms with Crippen LogP contribution in [0.1, 0.15) is 21.6 Å². The van der Waals surface area contributed by atoms with Crippen molar-refractivity contribution in [2.75, 3.05) is 0 Å². The van der Waals surface area contributed by atoms with Crippen LogP contribution in [-0.2, 0) is 11.5 Å².